The molecule has 0 saturated heterocycles. The van der Waals surface area contributed by atoms with Crippen LogP contribution in [0.4, 0.5) is 0 Å². The van der Waals surface area contributed by atoms with Crippen LogP contribution in [0.1, 0.15) is 33.1 Å². The molecule has 0 fully saturated rings. The monoisotopic (exact) mass is 237 g/mol. The summed E-state index contributed by atoms with van der Waals surface area (Å²) in [6.07, 6.45) is 2.96. The number of hydrogen-bond acceptors (Lipinski definition) is 3. The molecule has 0 bridgehead atoms. The lowest BCUT2D eigenvalue weighted by molar-refractivity contribution is 0.262. The fourth-order valence-corrected chi connectivity index (χ4v) is 1.49. The van der Waals surface area contributed by atoms with Crippen molar-refractivity contribution in [2.24, 2.45) is 5.73 Å². The quantitative estimate of drug-likeness (QED) is 0.707. The van der Waals surface area contributed by atoms with Gasteiger partial charge in [0.1, 0.15) is 0 Å². The van der Waals surface area contributed by atoms with E-state index in [0.717, 1.165) is 37.4 Å². The van der Waals surface area contributed by atoms with Gasteiger partial charge in [0, 0.05) is 6.04 Å². The second-order valence-corrected chi connectivity index (χ2v) is 4.26. The Hall–Kier alpha value is -1.22. The van der Waals surface area contributed by atoms with Crippen molar-refractivity contribution >= 4 is 0 Å². The smallest absolute Gasteiger partial charge is 0.161 e. The van der Waals surface area contributed by atoms with Crippen LogP contribution in [-0.2, 0) is 0 Å². The Balaban J connectivity index is 2.40. The molecule has 0 amide bonds. The molecule has 17 heavy (non-hydrogen) atoms. The maximum absolute atomic E-state index is 5.70. The summed E-state index contributed by atoms with van der Waals surface area (Å²) in [5, 5.41) is 0. The standard InChI is InChI=1S/C14H23NO2/c1-3-10-16-13-8-4-5-9-14(13)17-11-6-7-12(2)15/h4-5,8-9,12H,3,6-7,10-11,15H2,1-2H3. The molecule has 3 nitrogen and oxygen atoms in total. The second kappa shape index (κ2) is 7.96. The predicted octanol–water partition coefficient (Wildman–Crippen LogP) is 2.98. The van der Waals surface area contributed by atoms with Crippen LogP contribution in [0.15, 0.2) is 24.3 Å². The molecule has 0 aliphatic heterocycles. The van der Waals surface area contributed by atoms with Crippen LogP contribution >= 0.6 is 0 Å². The van der Waals surface area contributed by atoms with E-state index < -0.39 is 0 Å². The summed E-state index contributed by atoms with van der Waals surface area (Å²) in [6.45, 7) is 5.51. The molecule has 1 unspecified atom stereocenters. The van der Waals surface area contributed by atoms with E-state index in [4.69, 9.17) is 15.2 Å². The van der Waals surface area contributed by atoms with Crippen molar-refractivity contribution in [3.63, 3.8) is 0 Å². The van der Waals surface area contributed by atoms with Gasteiger partial charge in [-0.2, -0.15) is 0 Å². The third-order valence-corrected chi connectivity index (χ3v) is 2.37. The zero-order valence-electron chi connectivity index (χ0n) is 10.8. The van der Waals surface area contributed by atoms with Gasteiger partial charge < -0.3 is 15.2 Å². The highest BCUT2D eigenvalue weighted by Gasteiger charge is 2.03. The van der Waals surface area contributed by atoms with Crippen molar-refractivity contribution in [3.8, 4) is 11.5 Å². The fraction of sp³-hybridized carbons (Fsp3) is 0.571. The van der Waals surface area contributed by atoms with Crippen molar-refractivity contribution in [1.82, 2.24) is 0 Å². The van der Waals surface area contributed by atoms with E-state index in [1.165, 1.54) is 0 Å². The SMILES string of the molecule is CCCOc1ccccc1OCCCC(C)N. The minimum Gasteiger partial charge on any atom is -0.490 e. The van der Waals surface area contributed by atoms with Crippen molar-refractivity contribution < 1.29 is 9.47 Å². The Kier molecular flexibility index (Phi) is 6.48. The van der Waals surface area contributed by atoms with Crippen molar-refractivity contribution in [2.45, 2.75) is 39.2 Å². The van der Waals surface area contributed by atoms with Gasteiger partial charge in [-0.15, -0.1) is 0 Å². The molecule has 96 valence electrons. The highest BCUT2D eigenvalue weighted by Crippen LogP contribution is 2.26. The van der Waals surface area contributed by atoms with Gasteiger partial charge in [-0.25, -0.2) is 0 Å². The molecule has 0 saturated carbocycles. The van der Waals surface area contributed by atoms with Crippen molar-refractivity contribution in [3.05, 3.63) is 24.3 Å². The Bertz CT molecular complexity index is 313. The molecule has 1 rings (SSSR count). The van der Waals surface area contributed by atoms with Crippen LogP contribution in [0.3, 0.4) is 0 Å². The highest BCUT2D eigenvalue weighted by molar-refractivity contribution is 5.39. The van der Waals surface area contributed by atoms with Gasteiger partial charge in [0.25, 0.3) is 0 Å². The molecule has 1 aromatic carbocycles. The topological polar surface area (TPSA) is 44.5 Å². The van der Waals surface area contributed by atoms with Gasteiger partial charge in [0.05, 0.1) is 13.2 Å². The maximum Gasteiger partial charge on any atom is 0.161 e. The Morgan fingerprint density at radius 1 is 1.12 bits per heavy atom. The first-order valence-corrected chi connectivity index (χ1v) is 6.34. The first-order valence-electron chi connectivity index (χ1n) is 6.34. The van der Waals surface area contributed by atoms with Gasteiger partial charge in [0.15, 0.2) is 11.5 Å². The summed E-state index contributed by atoms with van der Waals surface area (Å²) in [7, 11) is 0. The van der Waals surface area contributed by atoms with Crippen LogP contribution in [0, 0.1) is 0 Å². The predicted molar refractivity (Wildman–Crippen MR) is 70.6 cm³/mol. The number of benzene rings is 1. The lowest BCUT2D eigenvalue weighted by Crippen LogP contribution is -2.15. The van der Waals surface area contributed by atoms with E-state index in [2.05, 4.69) is 6.92 Å². The fourth-order valence-electron chi connectivity index (χ4n) is 1.49. The summed E-state index contributed by atoms with van der Waals surface area (Å²) >= 11 is 0. The van der Waals surface area contributed by atoms with E-state index in [0.29, 0.717) is 6.61 Å². The molecule has 0 radical (unpaired) electrons. The third-order valence-electron chi connectivity index (χ3n) is 2.37. The molecule has 0 spiro atoms. The molecule has 1 aromatic rings. The average Bonchev–Trinajstić information content (AvgIpc) is 2.33. The van der Waals surface area contributed by atoms with E-state index in [1.54, 1.807) is 0 Å². The van der Waals surface area contributed by atoms with E-state index in [-0.39, 0.29) is 6.04 Å². The molecule has 0 heterocycles. The number of hydrogen-bond donors (Lipinski definition) is 1. The largest absolute Gasteiger partial charge is 0.490 e. The molecule has 0 aliphatic rings. The van der Waals surface area contributed by atoms with Crippen LogP contribution in [-0.4, -0.2) is 19.3 Å². The Labute approximate surface area is 104 Å². The highest BCUT2D eigenvalue weighted by atomic mass is 16.5. The van der Waals surface area contributed by atoms with Gasteiger partial charge in [-0.05, 0) is 38.3 Å². The number of para-hydroxylation sites is 2. The Morgan fingerprint density at radius 2 is 1.71 bits per heavy atom. The lowest BCUT2D eigenvalue weighted by atomic mass is 10.2. The summed E-state index contributed by atoms with van der Waals surface area (Å²) in [6, 6.07) is 8.04. The van der Waals surface area contributed by atoms with Gasteiger partial charge in [-0.3, -0.25) is 0 Å². The molecule has 1 atom stereocenters. The van der Waals surface area contributed by atoms with E-state index in [9.17, 15) is 0 Å². The van der Waals surface area contributed by atoms with Gasteiger partial charge in [-0.1, -0.05) is 19.1 Å². The molecular weight excluding hydrogens is 214 g/mol. The summed E-state index contributed by atoms with van der Waals surface area (Å²) < 4.78 is 11.3. The molecule has 2 N–H and O–H groups in total. The zero-order chi connectivity index (χ0) is 12.5. The summed E-state index contributed by atoms with van der Waals surface area (Å²) in [5.74, 6) is 1.65. The molecular formula is C14H23NO2. The lowest BCUT2D eigenvalue weighted by Gasteiger charge is -2.12. The normalized spacial score (nSPS) is 12.2. The van der Waals surface area contributed by atoms with Gasteiger partial charge in [0.2, 0.25) is 0 Å². The van der Waals surface area contributed by atoms with Crippen LogP contribution in [0.25, 0.3) is 0 Å². The summed E-state index contributed by atoms with van der Waals surface area (Å²) in [5.41, 5.74) is 5.69. The number of nitrogens with two attached hydrogens (primary N) is 1. The maximum atomic E-state index is 5.70. The molecule has 0 aliphatic carbocycles. The van der Waals surface area contributed by atoms with Gasteiger partial charge >= 0.3 is 0 Å². The van der Waals surface area contributed by atoms with E-state index in [1.807, 2.05) is 31.2 Å². The summed E-state index contributed by atoms with van der Waals surface area (Å²) in [4.78, 5) is 0. The van der Waals surface area contributed by atoms with Crippen LogP contribution < -0.4 is 15.2 Å². The number of rotatable bonds is 8. The minimum absolute atomic E-state index is 0.241. The minimum atomic E-state index is 0.241. The van der Waals surface area contributed by atoms with Crippen LogP contribution in [0.2, 0.25) is 0 Å². The number of ether oxygens (including phenoxy) is 2. The van der Waals surface area contributed by atoms with Crippen molar-refractivity contribution in [2.75, 3.05) is 13.2 Å². The van der Waals surface area contributed by atoms with E-state index >= 15 is 0 Å². The van der Waals surface area contributed by atoms with Crippen molar-refractivity contribution in [1.29, 1.82) is 0 Å². The Morgan fingerprint density at radius 3 is 2.24 bits per heavy atom. The second-order valence-electron chi connectivity index (χ2n) is 4.26. The first kappa shape index (κ1) is 13.8. The molecule has 0 aromatic heterocycles. The first-order chi connectivity index (χ1) is 8.24. The average molecular weight is 237 g/mol. The zero-order valence-corrected chi connectivity index (χ0v) is 10.8. The molecule has 3 heteroatoms. The third kappa shape index (κ3) is 5.59. The van der Waals surface area contributed by atoms with Crippen LogP contribution in [0.5, 0.6) is 11.5 Å².